The van der Waals surface area contributed by atoms with Gasteiger partial charge in [-0.3, -0.25) is 4.90 Å². The first kappa shape index (κ1) is 15.5. The van der Waals surface area contributed by atoms with E-state index in [2.05, 4.69) is 22.1 Å². The Morgan fingerprint density at radius 3 is 2.38 bits per heavy atom. The molecule has 1 N–H and O–H groups in total. The lowest BCUT2D eigenvalue weighted by Gasteiger charge is -2.24. The molecule has 0 unspecified atom stereocenters. The van der Waals surface area contributed by atoms with Crippen molar-refractivity contribution in [3.8, 4) is 29.1 Å². The maximum Gasteiger partial charge on any atom is 0.204 e. The van der Waals surface area contributed by atoms with Gasteiger partial charge in [0.25, 0.3) is 0 Å². The summed E-state index contributed by atoms with van der Waals surface area (Å²) in [4.78, 5) is 2.33. The van der Waals surface area contributed by atoms with E-state index in [1.165, 1.54) is 0 Å². The second-order valence-corrected chi connectivity index (χ2v) is 4.71. The predicted octanol–water partition coefficient (Wildman–Crippen LogP) is 0.969. The van der Waals surface area contributed by atoms with E-state index in [4.69, 9.17) is 14.2 Å². The number of ether oxygens (including phenoxy) is 3. The number of piperazine rings is 1. The quantitative estimate of drug-likeness (QED) is 0.837. The third kappa shape index (κ3) is 3.81. The molecule has 2 rings (SSSR count). The molecule has 0 amide bonds. The topological polar surface area (TPSA) is 43.0 Å². The molecule has 0 bridgehead atoms. The number of nitrogens with one attached hydrogen (secondary N) is 1. The van der Waals surface area contributed by atoms with E-state index in [9.17, 15) is 0 Å². The van der Waals surface area contributed by atoms with Gasteiger partial charge in [0.15, 0.2) is 11.5 Å². The molecule has 1 heterocycles. The zero-order chi connectivity index (χ0) is 15.1. The van der Waals surface area contributed by atoms with Crippen molar-refractivity contribution in [1.82, 2.24) is 10.2 Å². The van der Waals surface area contributed by atoms with Gasteiger partial charge in [-0.05, 0) is 12.1 Å². The summed E-state index contributed by atoms with van der Waals surface area (Å²) in [6.45, 7) is 4.90. The van der Waals surface area contributed by atoms with E-state index in [0.717, 1.165) is 38.3 Å². The molecular formula is C16H22N2O3. The monoisotopic (exact) mass is 290 g/mol. The first-order valence-corrected chi connectivity index (χ1v) is 7.01. The number of nitrogens with zero attached hydrogens (tertiary/aromatic N) is 1. The Kier molecular flexibility index (Phi) is 5.73. The Morgan fingerprint density at radius 1 is 1.05 bits per heavy atom. The lowest BCUT2D eigenvalue weighted by atomic mass is 10.1. The Labute approximate surface area is 126 Å². The molecule has 5 heteroatoms. The standard InChI is InChI=1S/C16H22N2O3/c1-19-14-7-6-13(15(20-2)16(14)21-3)5-4-10-18-11-8-17-9-12-18/h6-7,17H,8-12H2,1-3H3. The van der Waals surface area contributed by atoms with Gasteiger partial charge in [-0.1, -0.05) is 11.8 Å². The van der Waals surface area contributed by atoms with Crippen LogP contribution in [0, 0.1) is 11.8 Å². The zero-order valence-electron chi connectivity index (χ0n) is 12.9. The second-order valence-electron chi connectivity index (χ2n) is 4.71. The average Bonchev–Trinajstić information content (AvgIpc) is 2.55. The number of hydrogen-bond donors (Lipinski definition) is 1. The summed E-state index contributed by atoms with van der Waals surface area (Å²) in [6.07, 6.45) is 0. The maximum atomic E-state index is 5.42. The van der Waals surface area contributed by atoms with Crippen molar-refractivity contribution >= 4 is 0 Å². The summed E-state index contributed by atoms with van der Waals surface area (Å²) in [6, 6.07) is 3.74. The molecule has 1 aromatic carbocycles. The highest BCUT2D eigenvalue weighted by molar-refractivity contribution is 5.60. The van der Waals surface area contributed by atoms with Crippen LogP contribution < -0.4 is 19.5 Å². The third-order valence-electron chi connectivity index (χ3n) is 3.44. The van der Waals surface area contributed by atoms with Crippen molar-refractivity contribution in [2.45, 2.75) is 0 Å². The highest BCUT2D eigenvalue weighted by Gasteiger charge is 2.14. The van der Waals surface area contributed by atoms with Gasteiger partial charge >= 0.3 is 0 Å². The Balaban J connectivity index is 2.16. The van der Waals surface area contributed by atoms with Gasteiger partial charge in [-0.15, -0.1) is 0 Å². The third-order valence-corrected chi connectivity index (χ3v) is 3.44. The molecule has 1 aromatic rings. The highest BCUT2D eigenvalue weighted by Crippen LogP contribution is 2.39. The average molecular weight is 290 g/mol. The van der Waals surface area contributed by atoms with Crippen molar-refractivity contribution in [3.05, 3.63) is 17.7 Å². The molecule has 0 saturated carbocycles. The molecule has 0 aliphatic carbocycles. The van der Waals surface area contributed by atoms with Gasteiger partial charge in [-0.2, -0.15) is 0 Å². The minimum Gasteiger partial charge on any atom is -0.493 e. The predicted molar refractivity (Wildman–Crippen MR) is 82.3 cm³/mol. The van der Waals surface area contributed by atoms with Crippen LogP contribution in [0.1, 0.15) is 5.56 Å². The van der Waals surface area contributed by atoms with E-state index in [1.54, 1.807) is 21.3 Å². The first-order chi connectivity index (χ1) is 10.3. The zero-order valence-corrected chi connectivity index (χ0v) is 12.9. The molecule has 0 spiro atoms. The lowest BCUT2D eigenvalue weighted by Crippen LogP contribution is -2.43. The fourth-order valence-corrected chi connectivity index (χ4v) is 2.32. The van der Waals surface area contributed by atoms with Crippen LogP contribution in [0.5, 0.6) is 17.2 Å². The summed E-state index contributed by atoms with van der Waals surface area (Å²) < 4.78 is 16.0. The highest BCUT2D eigenvalue weighted by atomic mass is 16.5. The van der Waals surface area contributed by atoms with Crippen LogP contribution in [0.3, 0.4) is 0 Å². The molecular weight excluding hydrogens is 268 g/mol. The number of rotatable bonds is 4. The number of hydrogen-bond acceptors (Lipinski definition) is 5. The molecule has 1 fully saturated rings. The number of methoxy groups -OCH3 is 3. The summed E-state index contributed by atoms with van der Waals surface area (Å²) in [5, 5.41) is 3.33. The largest absolute Gasteiger partial charge is 0.493 e. The van der Waals surface area contributed by atoms with Gasteiger partial charge in [-0.25, -0.2) is 0 Å². The van der Waals surface area contributed by atoms with Gasteiger partial charge in [0.1, 0.15) is 0 Å². The molecule has 0 aromatic heterocycles. The molecule has 1 saturated heterocycles. The second kappa shape index (κ2) is 7.77. The minimum absolute atomic E-state index is 0.578. The van der Waals surface area contributed by atoms with Gasteiger partial charge in [0.2, 0.25) is 5.75 Å². The van der Waals surface area contributed by atoms with Gasteiger partial charge in [0, 0.05) is 26.2 Å². The Hall–Kier alpha value is -1.90. The first-order valence-electron chi connectivity index (χ1n) is 7.01. The van der Waals surface area contributed by atoms with Crippen LogP contribution in [-0.4, -0.2) is 59.0 Å². The van der Waals surface area contributed by atoms with Crippen LogP contribution >= 0.6 is 0 Å². The summed E-state index contributed by atoms with van der Waals surface area (Å²) in [5.41, 5.74) is 0.810. The summed E-state index contributed by atoms with van der Waals surface area (Å²) in [7, 11) is 4.81. The van der Waals surface area contributed by atoms with E-state index in [0.29, 0.717) is 17.2 Å². The van der Waals surface area contributed by atoms with Crippen LogP contribution in [0.15, 0.2) is 12.1 Å². The van der Waals surface area contributed by atoms with E-state index in [-0.39, 0.29) is 0 Å². The minimum atomic E-state index is 0.578. The molecule has 5 nitrogen and oxygen atoms in total. The van der Waals surface area contributed by atoms with Gasteiger partial charge < -0.3 is 19.5 Å². The molecule has 0 radical (unpaired) electrons. The van der Waals surface area contributed by atoms with Crippen molar-refractivity contribution in [1.29, 1.82) is 0 Å². The van der Waals surface area contributed by atoms with Gasteiger partial charge in [0.05, 0.1) is 33.4 Å². The summed E-state index contributed by atoms with van der Waals surface area (Å²) >= 11 is 0. The fourth-order valence-electron chi connectivity index (χ4n) is 2.32. The van der Waals surface area contributed by atoms with E-state index < -0.39 is 0 Å². The fraction of sp³-hybridized carbons (Fsp3) is 0.500. The van der Waals surface area contributed by atoms with Crippen LogP contribution in [0.2, 0.25) is 0 Å². The Bertz CT molecular complexity index is 528. The van der Waals surface area contributed by atoms with Crippen molar-refractivity contribution in [3.63, 3.8) is 0 Å². The SMILES string of the molecule is COc1ccc(C#CCN2CCNCC2)c(OC)c1OC. The lowest BCUT2D eigenvalue weighted by molar-refractivity contribution is 0.268. The molecule has 1 aliphatic heterocycles. The maximum absolute atomic E-state index is 5.42. The Morgan fingerprint density at radius 2 is 1.76 bits per heavy atom. The van der Waals surface area contributed by atoms with Crippen LogP contribution in [-0.2, 0) is 0 Å². The van der Waals surface area contributed by atoms with E-state index in [1.807, 2.05) is 12.1 Å². The van der Waals surface area contributed by atoms with Crippen molar-refractivity contribution in [2.24, 2.45) is 0 Å². The van der Waals surface area contributed by atoms with Crippen molar-refractivity contribution in [2.75, 3.05) is 54.1 Å². The normalized spacial score (nSPS) is 15.0. The molecule has 1 aliphatic rings. The van der Waals surface area contributed by atoms with Crippen molar-refractivity contribution < 1.29 is 14.2 Å². The molecule has 114 valence electrons. The smallest absolute Gasteiger partial charge is 0.204 e. The van der Waals surface area contributed by atoms with E-state index >= 15 is 0 Å². The molecule has 0 atom stereocenters. The molecule has 21 heavy (non-hydrogen) atoms. The number of benzene rings is 1. The summed E-state index contributed by atoms with van der Waals surface area (Å²) in [5.74, 6) is 8.21. The van der Waals surface area contributed by atoms with Crippen LogP contribution in [0.25, 0.3) is 0 Å². The van der Waals surface area contributed by atoms with Crippen LogP contribution in [0.4, 0.5) is 0 Å².